The normalized spacial score (nSPS) is 11.1. The van der Waals surface area contributed by atoms with Crippen LogP contribution in [0.5, 0.6) is 0 Å². The molecule has 8 heteroatoms. The van der Waals surface area contributed by atoms with E-state index >= 15 is 0 Å². The Hall–Kier alpha value is -3.65. The van der Waals surface area contributed by atoms with Crippen molar-refractivity contribution in [3.63, 3.8) is 0 Å². The molecular weight excluding hydrogens is 450 g/mol. The van der Waals surface area contributed by atoms with E-state index in [9.17, 15) is 18.0 Å². The molecule has 3 rings (SSSR count). The summed E-state index contributed by atoms with van der Waals surface area (Å²) in [5, 5.41) is 2.82. The van der Waals surface area contributed by atoms with Crippen LogP contribution >= 0.6 is 0 Å². The summed E-state index contributed by atoms with van der Waals surface area (Å²) in [4.78, 5) is 27.8. The Morgan fingerprint density at radius 3 is 2.03 bits per heavy atom. The van der Waals surface area contributed by atoms with Crippen molar-refractivity contribution in [1.29, 1.82) is 0 Å². The van der Waals surface area contributed by atoms with Crippen LogP contribution in [-0.2, 0) is 10.0 Å². The summed E-state index contributed by atoms with van der Waals surface area (Å²) in [6.45, 7) is 8.46. The highest BCUT2D eigenvalue weighted by Gasteiger charge is 2.21. The number of para-hydroxylation sites is 1. The Morgan fingerprint density at radius 1 is 0.794 bits per heavy atom. The highest BCUT2D eigenvalue weighted by atomic mass is 32.2. The number of amides is 2. The Kier molecular flexibility index (Phi) is 7.73. The zero-order valence-electron chi connectivity index (χ0n) is 19.8. The molecule has 3 aromatic carbocycles. The lowest BCUT2D eigenvalue weighted by molar-refractivity contribution is 0.0774. The van der Waals surface area contributed by atoms with Crippen molar-refractivity contribution >= 4 is 33.2 Å². The summed E-state index contributed by atoms with van der Waals surface area (Å²) in [6, 6.07) is 18.2. The van der Waals surface area contributed by atoms with Crippen molar-refractivity contribution in [2.24, 2.45) is 0 Å². The fraction of sp³-hybridized carbons (Fsp3) is 0.231. The zero-order valence-corrected chi connectivity index (χ0v) is 20.6. The van der Waals surface area contributed by atoms with E-state index in [1.165, 1.54) is 12.1 Å². The first kappa shape index (κ1) is 25.0. The lowest BCUT2D eigenvalue weighted by Crippen LogP contribution is -2.31. The molecular formula is C26H29N3O4S. The predicted molar refractivity (Wildman–Crippen MR) is 135 cm³/mol. The SMILES string of the molecule is CCN(CC)C(=O)c1ccccc1NC(=O)c1cccc(NS(=O)(=O)c2ccc(C)cc2)c1C. The van der Waals surface area contributed by atoms with Gasteiger partial charge >= 0.3 is 0 Å². The smallest absolute Gasteiger partial charge is 0.261 e. The number of nitrogens with one attached hydrogen (secondary N) is 2. The molecule has 7 nitrogen and oxygen atoms in total. The van der Waals surface area contributed by atoms with Crippen LogP contribution in [0.25, 0.3) is 0 Å². The predicted octanol–water partition coefficient (Wildman–Crippen LogP) is 4.84. The van der Waals surface area contributed by atoms with Crippen LogP contribution in [0.1, 0.15) is 45.7 Å². The molecule has 0 atom stereocenters. The third-order valence-corrected chi connectivity index (χ3v) is 6.99. The molecule has 0 heterocycles. The summed E-state index contributed by atoms with van der Waals surface area (Å²) in [7, 11) is -3.82. The number of hydrogen-bond acceptors (Lipinski definition) is 4. The number of hydrogen-bond donors (Lipinski definition) is 2. The fourth-order valence-corrected chi connectivity index (χ4v) is 4.69. The summed E-state index contributed by atoms with van der Waals surface area (Å²) in [6.07, 6.45) is 0. The van der Waals surface area contributed by atoms with E-state index < -0.39 is 15.9 Å². The number of aryl methyl sites for hydroxylation is 1. The molecule has 0 fully saturated rings. The highest BCUT2D eigenvalue weighted by molar-refractivity contribution is 7.92. The molecule has 0 aromatic heterocycles. The molecule has 34 heavy (non-hydrogen) atoms. The van der Waals surface area contributed by atoms with Gasteiger partial charge in [-0.3, -0.25) is 14.3 Å². The van der Waals surface area contributed by atoms with Gasteiger partial charge in [0.2, 0.25) is 0 Å². The maximum Gasteiger partial charge on any atom is 0.261 e. The standard InChI is InChI=1S/C26H29N3O4S/c1-5-29(6-2)26(31)22-10-7-8-12-24(22)27-25(30)21-11-9-13-23(19(21)4)28-34(32,33)20-16-14-18(3)15-17-20/h7-17,28H,5-6H2,1-4H3,(H,27,30). The van der Waals surface area contributed by atoms with E-state index in [0.29, 0.717) is 41.2 Å². The van der Waals surface area contributed by atoms with E-state index in [0.717, 1.165) is 5.56 Å². The quantitative estimate of drug-likeness (QED) is 0.483. The first-order chi connectivity index (χ1) is 16.2. The lowest BCUT2D eigenvalue weighted by Gasteiger charge is -2.21. The van der Waals surface area contributed by atoms with E-state index in [1.807, 2.05) is 20.8 Å². The minimum Gasteiger partial charge on any atom is -0.339 e. The topological polar surface area (TPSA) is 95.6 Å². The van der Waals surface area contributed by atoms with Gasteiger partial charge < -0.3 is 10.2 Å². The van der Waals surface area contributed by atoms with Gasteiger partial charge in [-0.1, -0.05) is 35.9 Å². The summed E-state index contributed by atoms with van der Waals surface area (Å²) in [5.74, 6) is -0.606. The highest BCUT2D eigenvalue weighted by Crippen LogP contribution is 2.25. The minimum absolute atomic E-state index is 0.135. The molecule has 0 saturated heterocycles. The van der Waals surface area contributed by atoms with Crippen LogP contribution < -0.4 is 10.0 Å². The number of carbonyl (C=O) groups is 2. The first-order valence-electron chi connectivity index (χ1n) is 11.1. The lowest BCUT2D eigenvalue weighted by atomic mass is 10.1. The second-order valence-electron chi connectivity index (χ2n) is 7.87. The van der Waals surface area contributed by atoms with Gasteiger partial charge in [-0.25, -0.2) is 8.42 Å². The maximum atomic E-state index is 13.1. The molecule has 0 unspecified atom stereocenters. The van der Waals surface area contributed by atoms with Gasteiger partial charge in [-0.05, 0) is 69.7 Å². The number of benzene rings is 3. The molecule has 0 radical (unpaired) electrons. The van der Waals surface area contributed by atoms with Crippen molar-refractivity contribution in [3.05, 3.63) is 89.0 Å². The zero-order chi connectivity index (χ0) is 24.9. The number of nitrogens with zero attached hydrogens (tertiary/aromatic N) is 1. The molecule has 0 bridgehead atoms. The first-order valence-corrected chi connectivity index (χ1v) is 12.5. The van der Waals surface area contributed by atoms with Crippen molar-refractivity contribution in [1.82, 2.24) is 4.90 Å². The van der Waals surface area contributed by atoms with Crippen molar-refractivity contribution in [2.75, 3.05) is 23.1 Å². The third kappa shape index (κ3) is 5.46. The van der Waals surface area contributed by atoms with Crippen LogP contribution in [-0.4, -0.2) is 38.2 Å². The largest absolute Gasteiger partial charge is 0.339 e. The molecule has 2 amide bonds. The van der Waals surface area contributed by atoms with Crippen LogP contribution in [0.15, 0.2) is 71.6 Å². The van der Waals surface area contributed by atoms with Crippen LogP contribution in [0.4, 0.5) is 11.4 Å². The van der Waals surface area contributed by atoms with Gasteiger partial charge in [-0.15, -0.1) is 0 Å². The molecule has 178 valence electrons. The minimum atomic E-state index is -3.82. The van der Waals surface area contributed by atoms with E-state index in [2.05, 4.69) is 10.0 Å². The Labute approximate surface area is 200 Å². The van der Waals surface area contributed by atoms with Gasteiger partial charge in [-0.2, -0.15) is 0 Å². The van der Waals surface area contributed by atoms with E-state index in [1.54, 1.807) is 66.4 Å². The average Bonchev–Trinajstić information content (AvgIpc) is 2.81. The van der Waals surface area contributed by atoms with Crippen molar-refractivity contribution < 1.29 is 18.0 Å². The summed E-state index contributed by atoms with van der Waals surface area (Å²) >= 11 is 0. The van der Waals surface area contributed by atoms with Crippen LogP contribution in [0.3, 0.4) is 0 Å². The van der Waals surface area contributed by atoms with Crippen molar-refractivity contribution in [3.8, 4) is 0 Å². The van der Waals surface area contributed by atoms with Crippen LogP contribution in [0.2, 0.25) is 0 Å². The number of rotatable bonds is 8. The third-order valence-electron chi connectivity index (χ3n) is 5.61. The molecule has 0 aliphatic carbocycles. The average molecular weight is 480 g/mol. The molecule has 0 aliphatic rings. The number of sulfonamides is 1. The fourth-order valence-electron chi connectivity index (χ4n) is 3.56. The van der Waals surface area contributed by atoms with Gasteiger partial charge in [0.1, 0.15) is 0 Å². The van der Waals surface area contributed by atoms with E-state index in [-0.39, 0.29) is 10.8 Å². The van der Waals surface area contributed by atoms with Gasteiger partial charge in [0.15, 0.2) is 0 Å². The van der Waals surface area contributed by atoms with Gasteiger partial charge in [0, 0.05) is 18.7 Å². The van der Waals surface area contributed by atoms with Gasteiger partial charge in [0.25, 0.3) is 21.8 Å². The van der Waals surface area contributed by atoms with Gasteiger partial charge in [0.05, 0.1) is 21.8 Å². The monoisotopic (exact) mass is 479 g/mol. The molecule has 0 aliphatic heterocycles. The van der Waals surface area contributed by atoms with E-state index in [4.69, 9.17) is 0 Å². The maximum absolute atomic E-state index is 13.1. The summed E-state index contributed by atoms with van der Waals surface area (Å²) < 4.78 is 28.2. The Balaban J connectivity index is 1.88. The second kappa shape index (κ2) is 10.5. The Bertz CT molecular complexity index is 1300. The molecule has 3 aromatic rings. The molecule has 2 N–H and O–H groups in total. The summed E-state index contributed by atoms with van der Waals surface area (Å²) in [5.41, 5.74) is 2.83. The second-order valence-corrected chi connectivity index (χ2v) is 9.56. The number of carbonyl (C=O) groups excluding carboxylic acids is 2. The molecule has 0 spiro atoms. The number of anilines is 2. The Morgan fingerprint density at radius 2 is 1.38 bits per heavy atom. The van der Waals surface area contributed by atoms with Crippen molar-refractivity contribution in [2.45, 2.75) is 32.6 Å². The van der Waals surface area contributed by atoms with Crippen LogP contribution in [0, 0.1) is 13.8 Å². The molecule has 0 saturated carbocycles.